The highest BCUT2D eigenvalue weighted by molar-refractivity contribution is 5.86. The zero-order valence-corrected chi connectivity index (χ0v) is 16.6. The minimum absolute atomic E-state index is 0.0194. The number of hydrogen-bond donors (Lipinski definition) is 1. The van der Waals surface area contributed by atoms with Crippen LogP contribution in [-0.2, 0) is 12.7 Å². The molecule has 4 rings (SSSR count). The van der Waals surface area contributed by atoms with Crippen LogP contribution in [0.3, 0.4) is 0 Å². The molecule has 2 aromatic heterocycles. The van der Waals surface area contributed by atoms with Crippen molar-refractivity contribution in [2.24, 2.45) is 0 Å². The van der Waals surface area contributed by atoms with Crippen LogP contribution < -0.4 is 5.43 Å². The molecule has 0 bridgehead atoms. The predicted molar refractivity (Wildman–Crippen MR) is 109 cm³/mol. The quantitative estimate of drug-likeness (QED) is 0.520. The van der Waals surface area contributed by atoms with Gasteiger partial charge in [0.2, 0.25) is 11.2 Å². The van der Waals surface area contributed by atoms with Gasteiger partial charge in [-0.1, -0.05) is 18.2 Å². The van der Waals surface area contributed by atoms with Gasteiger partial charge in [-0.25, -0.2) is 4.68 Å². The number of halogens is 3. The maximum atomic E-state index is 13.9. The third kappa shape index (κ3) is 3.79. The van der Waals surface area contributed by atoms with Gasteiger partial charge < -0.3 is 14.4 Å². The zero-order chi connectivity index (χ0) is 22.3. The molecule has 31 heavy (non-hydrogen) atoms. The van der Waals surface area contributed by atoms with Gasteiger partial charge in [-0.3, -0.25) is 4.79 Å². The van der Waals surface area contributed by atoms with E-state index >= 15 is 0 Å². The topological polar surface area (TPSA) is 71.5 Å². The molecule has 0 saturated heterocycles. The largest absolute Gasteiger partial charge is 0.507 e. The molecule has 6 nitrogen and oxygen atoms in total. The molecule has 2 heterocycles. The SMILES string of the molecule is CN(C)Cc1c(O)ccc2c(=O)c(-c3cnn(-c4ccccc4)c3)c(C(F)(F)F)oc12. The Hall–Kier alpha value is -3.59. The van der Waals surface area contributed by atoms with Gasteiger partial charge in [0.15, 0.2) is 0 Å². The molecular formula is C22H18F3N3O3. The van der Waals surface area contributed by atoms with Gasteiger partial charge in [0, 0.05) is 18.3 Å². The van der Waals surface area contributed by atoms with E-state index in [-0.39, 0.29) is 34.4 Å². The molecule has 9 heteroatoms. The molecule has 0 fully saturated rings. The molecule has 0 radical (unpaired) electrons. The summed E-state index contributed by atoms with van der Waals surface area (Å²) in [5, 5.41) is 14.2. The zero-order valence-electron chi connectivity index (χ0n) is 16.6. The Morgan fingerprint density at radius 3 is 2.48 bits per heavy atom. The number of phenolic OH excluding ortho intramolecular Hbond substituents is 1. The monoisotopic (exact) mass is 429 g/mol. The number of aromatic hydroxyl groups is 1. The Bertz CT molecular complexity index is 1310. The highest BCUT2D eigenvalue weighted by atomic mass is 19.4. The number of aromatic nitrogens is 2. The molecule has 0 aliphatic heterocycles. The first-order chi connectivity index (χ1) is 14.7. The summed E-state index contributed by atoms with van der Waals surface area (Å²) >= 11 is 0. The van der Waals surface area contributed by atoms with E-state index in [9.17, 15) is 23.1 Å². The lowest BCUT2D eigenvalue weighted by Crippen LogP contribution is -2.17. The number of fused-ring (bicyclic) bond motifs is 1. The van der Waals surface area contributed by atoms with E-state index in [2.05, 4.69) is 5.10 Å². The van der Waals surface area contributed by atoms with Gasteiger partial charge in [-0.05, 0) is 38.4 Å². The average molecular weight is 429 g/mol. The minimum Gasteiger partial charge on any atom is -0.507 e. The fourth-order valence-corrected chi connectivity index (χ4v) is 3.41. The minimum atomic E-state index is -4.93. The lowest BCUT2D eigenvalue weighted by molar-refractivity contribution is -0.152. The third-order valence-corrected chi connectivity index (χ3v) is 4.76. The summed E-state index contributed by atoms with van der Waals surface area (Å²) in [6.45, 7) is 0.0920. The normalized spacial score (nSPS) is 12.1. The Morgan fingerprint density at radius 1 is 1.13 bits per heavy atom. The molecule has 2 aromatic carbocycles. The predicted octanol–water partition coefficient (Wildman–Crippen LogP) is 4.43. The number of phenols is 1. The van der Waals surface area contributed by atoms with Gasteiger partial charge in [0.1, 0.15) is 11.3 Å². The second kappa shape index (κ2) is 7.59. The van der Waals surface area contributed by atoms with Crippen LogP contribution in [0.15, 0.2) is 64.1 Å². The van der Waals surface area contributed by atoms with E-state index in [0.717, 1.165) is 0 Å². The van der Waals surface area contributed by atoms with Crippen LogP contribution >= 0.6 is 0 Å². The van der Waals surface area contributed by atoms with Crippen LogP contribution in [0.4, 0.5) is 13.2 Å². The van der Waals surface area contributed by atoms with E-state index in [1.165, 1.54) is 29.2 Å². The van der Waals surface area contributed by atoms with Crippen molar-refractivity contribution in [1.82, 2.24) is 14.7 Å². The van der Waals surface area contributed by atoms with Crippen LogP contribution in [0.1, 0.15) is 11.3 Å². The maximum Gasteiger partial charge on any atom is 0.450 e. The number of rotatable bonds is 4. The van der Waals surface area contributed by atoms with Crippen molar-refractivity contribution in [2.45, 2.75) is 12.7 Å². The Balaban J connectivity index is 2.00. The van der Waals surface area contributed by atoms with Gasteiger partial charge >= 0.3 is 6.18 Å². The van der Waals surface area contributed by atoms with Crippen LogP contribution in [0, 0.1) is 0 Å². The fraction of sp³-hybridized carbons (Fsp3) is 0.182. The molecule has 0 aliphatic carbocycles. The molecule has 0 unspecified atom stereocenters. The van der Waals surface area contributed by atoms with Crippen LogP contribution in [0.5, 0.6) is 5.75 Å². The number of benzene rings is 2. The molecule has 0 spiro atoms. The van der Waals surface area contributed by atoms with E-state index in [4.69, 9.17) is 4.42 Å². The smallest absolute Gasteiger partial charge is 0.450 e. The molecular weight excluding hydrogens is 411 g/mol. The standard InChI is InChI=1S/C22H18F3N3O3/c1-27(2)12-16-17(29)9-8-15-19(30)18(21(22(23,24)25)31-20(15)16)13-10-26-28(11-13)14-6-4-3-5-7-14/h3-11,29H,12H2,1-2H3. The Kier molecular flexibility index (Phi) is 5.06. The van der Waals surface area contributed by atoms with Crippen molar-refractivity contribution in [3.05, 3.63) is 76.4 Å². The summed E-state index contributed by atoms with van der Waals surface area (Å²) in [6.07, 6.45) is -2.39. The lowest BCUT2D eigenvalue weighted by atomic mass is 10.0. The summed E-state index contributed by atoms with van der Waals surface area (Å²) in [5.41, 5.74) is -1.04. The summed E-state index contributed by atoms with van der Waals surface area (Å²) < 4.78 is 48.5. The summed E-state index contributed by atoms with van der Waals surface area (Å²) in [7, 11) is 3.38. The Morgan fingerprint density at radius 2 is 1.84 bits per heavy atom. The van der Waals surface area contributed by atoms with Crippen LogP contribution in [0.25, 0.3) is 27.8 Å². The maximum absolute atomic E-state index is 13.9. The van der Waals surface area contributed by atoms with E-state index < -0.39 is 22.9 Å². The van der Waals surface area contributed by atoms with Crippen molar-refractivity contribution < 1.29 is 22.7 Å². The first-order valence-corrected chi connectivity index (χ1v) is 9.31. The highest BCUT2D eigenvalue weighted by Gasteiger charge is 2.40. The molecule has 0 aliphatic rings. The van der Waals surface area contributed by atoms with E-state index in [1.807, 2.05) is 0 Å². The van der Waals surface area contributed by atoms with Gasteiger partial charge in [0.25, 0.3) is 0 Å². The molecule has 0 amide bonds. The third-order valence-electron chi connectivity index (χ3n) is 4.76. The first kappa shape index (κ1) is 20.7. The van der Waals surface area contributed by atoms with Crippen molar-refractivity contribution in [1.29, 1.82) is 0 Å². The van der Waals surface area contributed by atoms with Crippen LogP contribution in [0.2, 0.25) is 0 Å². The summed E-state index contributed by atoms with van der Waals surface area (Å²) in [4.78, 5) is 14.9. The van der Waals surface area contributed by atoms with Gasteiger partial charge in [-0.2, -0.15) is 18.3 Å². The highest BCUT2D eigenvalue weighted by Crippen LogP contribution is 2.39. The number of para-hydroxylation sites is 1. The van der Waals surface area contributed by atoms with E-state index in [1.54, 1.807) is 49.3 Å². The average Bonchev–Trinajstić information content (AvgIpc) is 3.19. The molecule has 1 N–H and O–H groups in total. The van der Waals surface area contributed by atoms with Crippen molar-refractivity contribution >= 4 is 11.0 Å². The number of alkyl halides is 3. The number of hydrogen-bond acceptors (Lipinski definition) is 5. The fourth-order valence-electron chi connectivity index (χ4n) is 3.41. The van der Waals surface area contributed by atoms with Crippen molar-refractivity contribution in [2.75, 3.05) is 14.1 Å². The van der Waals surface area contributed by atoms with Gasteiger partial charge in [-0.15, -0.1) is 0 Å². The lowest BCUT2D eigenvalue weighted by Gasteiger charge is -2.16. The second-order valence-electron chi connectivity index (χ2n) is 7.32. The molecule has 0 saturated carbocycles. The first-order valence-electron chi connectivity index (χ1n) is 9.31. The summed E-state index contributed by atoms with van der Waals surface area (Å²) in [6, 6.07) is 11.3. The Labute approximate surface area is 174 Å². The van der Waals surface area contributed by atoms with Gasteiger partial charge in [0.05, 0.1) is 28.4 Å². The molecule has 0 atom stereocenters. The molecule has 160 valence electrons. The summed E-state index contributed by atoms with van der Waals surface area (Å²) in [5.74, 6) is -1.68. The van der Waals surface area contributed by atoms with E-state index in [0.29, 0.717) is 5.69 Å². The second-order valence-corrected chi connectivity index (χ2v) is 7.32. The van der Waals surface area contributed by atoms with Crippen molar-refractivity contribution in [3.63, 3.8) is 0 Å². The number of nitrogens with zero attached hydrogens (tertiary/aromatic N) is 3. The van der Waals surface area contributed by atoms with Crippen LogP contribution in [-0.4, -0.2) is 33.9 Å². The molecule has 4 aromatic rings. The van der Waals surface area contributed by atoms with Crippen molar-refractivity contribution in [3.8, 4) is 22.6 Å².